The Balaban J connectivity index is 0.000000509. The number of amides is 3. The quantitative estimate of drug-likeness (QED) is 0.0207. The fraction of sp³-hybridized carbons (Fsp3) is 0.754. The van der Waals surface area contributed by atoms with Crippen molar-refractivity contribution in [2.45, 2.75) is 595 Å². The lowest BCUT2D eigenvalue weighted by molar-refractivity contribution is -0.114. The van der Waals surface area contributed by atoms with Crippen molar-refractivity contribution in [2.75, 3.05) is 32.6 Å². The van der Waals surface area contributed by atoms with E-state index in [1.165, 1.54) is 518 Å². The fourth-order valence-electron chi connectivity index (χ4n) is 22.9. The van der Waals surface area contributed by atoms with Crippen LogP contribution in [-0.2, 0) is 25.6 Å². The molecule has 0 radical (unpaired) electrons. The van der Waals surface area contributed by atoms with Gasteiger partial charge in [0.05, 0.1) is 33.8 Å². The average molecular weight is 2330 g/mol. The van der Waals surface area contributed by atoms with Crippen LogP contribution in [0.4, 0.5) is 17.1 Å². The number of allylic oxidation sites excluding steroid dienone is 1. The summed E-state index contributed by atoms with van der Waals surface area (Å²) in [4.78, 5) is 59.3. The van der Waals surface area contributed by atoms with Crippen LogP contribution in [0.2, 0.25) is 0 Å². The van der Waals surface area contributed by atoms with Gasteiger partial charge in [-0.2, -0.15) is 0 Å². The molecule has 1 aliphatic carbocycles. The van der Waals surface area contributed by atoms with Crippen LogP contribution in [0.1, 0.15) is 616 Å². The van der Waals surface area contributed by atoms with Gasteiger partial charge in [-0.3, -0.25) is 19.2 Å². The standard InChI is InChI=1S/C80H136Br2N2O2.C32H65I.C17H9Br2NO2.CH4/c1-5-9-13-17-21-25-29-33-37-41-45-49-55-69(56-50-46-42-38-34-30-26-22-18-14-10-6-2)59-53-65-83-75-67-71(81)61-63-73(75)77(79(83)85)78-74-64-62-72(82)68-76(74)84(80(78)86)66-54-60-70(57-51-47-43-39-35-31-27-23-19-15-11-7-3)58-52-48-44-40-36-32-28-24-20-16-12-8-4;1-3-5-7-9-11-13-15-17-19-21-23-25-28-32(30-27-31-33)29-26-24-22-20-18-16-14-12-10-8-6-4-2;18-9-1-3-11-8(5-9)6-14(21)15(11)16-12-4-2-10(19)7-13(12)20-17(16)22;/h61-64,67-70H,5-60,65-66H2,1-4H3;32H,3-31H2,1-2H3;1-5,7H,6H2,(H,20,22);1H4/b78-77+;;16-15+;. The zero-order valence-electron chi connectivity index (χ0n) is 91.8. The van der Waals surface area contributed by atoms with Crippen LogP contribution in [-0.4, -0.2) is 41.0 Å². The van der Waals surface area contributed by atoms with Gasteiger partial charge in [-0.1, -0.05) is 660 Å². The van der Waals surface area contributed by atoms with Gasteiger partial charge in [-0.25, -0.2) is 0 Å². The van der Waals surface area contributed by atoms with E-state index in [-0.39, 0.29) is 30.9 Å². The Bertz CT molecular complexity index is 3640. The summed E-state index contributed by atoms with van der Waals surface area (Å²) < 4.78 is 5.13. The highest BCUT2D eigenvalue weighted by Gasteiger charge is 2.43. The molecule has 4 aromatic rings. The van der Waals surface area contributed by atoms with Crippen LogP contribution in [0.15, 0.2) is 90.7 Å². The Kier molecular flexibility index (Phi) is 79.0. The van der Waals surface area contributed by atoms with Crippen molar-refractivity contribution in [3.63, 3.8) is 0 Å². The minimum Gasteiger partial charge on any atom is -0.321 e. The Morgan fingerprint density at radius 2 is 0.472 bits per heavy atom. The third-order valence-electron chi connectivity index (χ3n) is 31.7. The minimum absolute atomic E-state index is 0. The van der Waals surface area contributed by atoms with E-state index in [0.717, 1.165) is 94.4 Å². The molecule has 3 aliphatic heterocycles. The van der Waals surface area contributed by atoms with Gasteiger partial charge in [0.1, 0.15) is 0 Å². The monoisotopic (exact) mass is 2320 g/mol. The Hall–Kier alpha value is -2.91. The fourth-order valence-corrected chi connectivity index (χ4v) is 24.8. The first kappa shape index (κ1) is 130. The molecule has 142 heavy (non-hydrogen) atoms. The van der Waals surface area contributed by atoms with Crippen molar-refractivity contribution in [3.8, 4) is 0 Å². The molecular weight excluding hydrogens is 2110 g/mol. The van der Waals surface area contributed by atoms with Crippen LogP contribution in [0.5, 0.6) is 0 Å². The number of nitrogens with zero attached hydrogens (tertiary/aromatic N) is 2. The van der Waals surface area contributed by atoms with Gasteiger partial charge >= 0.3 is 0 Å². The lowest BCUT2D eigenvalue weighted by Crippen LogP contribution is -2.30. The second kappa shape index (κ2) is 86.6. The van der Waals surface area contributed by atoms with Gasteiger partial charge in [0.15, 0.2) is 5.78 Å². The lowest BCUT2D eigenvalue weighted by Gasteiger charge is -2.21. The van der Waals surface area contributed by atoms with E-state index in [9.17, 15) is 9.59 Å². The molecule has 4 aliphatic rings. The number of carbonyl (C=O) groups is 4. The van der Waals surface area contributed by atoms with Crippen LogP contribution < -0.4 is 15.1 Å². The zero-order chi connectivity index (χ0) is 101. The molecule has 0 saturated heterocycles. The Morgan fingerprint density at radius 1 is 0.254 bits per heavy atom. The number of unbranched alkanes of at least 4 members (excludes halogenated alkanes) is 66. The lowest BCUT2D eigenvalue weighted by atomic mass is 9.90. The average Bonchev–Trinajstić information content (AvgIpc) is 1.57. The van der Waals surface area contributed by atoms with Crippen molar-refractivity contribution in [1.82, 2.24) is 0 Å². The number of benzene rings is 4. The molecule has 0 spiro atoms. The molecule has 0 saturated carbocycles. The summed E-state index contributed by atoms with van der Waals surface area (Å²) >= 11 is 17.0. The predicted octanol–water partition coefficient (Wildman–Crippen LogP) is 45.8. The number of halogens is 5. The smallest absolute Gasteiger partial charge is 0.259 e. The van der Waals surface area contributed by atoms with Gasteiger partial charge < -0.3 is 15.1 Å². The van der Waals surface area contributed by atoms with Gasteiger partial charge in [-0.15, -0.1) is 0 Å². The second-order valence-electron chi connectivity index (χ2n) is 44.1. The molecule has 0 bridgehead atoms. The number of fused-ring (bicyclic) bond motifs is 4. The normalized spacial score (nSPS) is 14.2. The topological polar surface area (TPSA) is 86.8 Å². The molecule has 0 fully saturated rings. The molecule has 3 amide bonds. The molecule has 7 nitrogen and oxygen atoms in total. The number of Topliss-reactive ketones (excluding diaryl/α,β-unsaturated/α-hetero) is 1. The van der Waals surface area contributed by atoms with Crippen molar-refractivity contribution < 1.29 is 19.2 Å². The Labute approximate surface area is 923 Å². The number of rotatable bonds is 89. The van der Waals surface area contributed by atoms with Crippen LogP contribution >= 0.6 is 86.3 Å². The summed E-state index contributed by atoms with van der Waals surface area (Å²) in [5.74, 6) is 2.23. The number of nitrogens with one attached hydrogen (secondary N) is 1. The van der Waals surface area contributed by atoms with Gasteiger partial charge in [-0.05, 0) is 120 Å². The molecule has 0 aromatic heterocycles. The molecule has 12 heteroatoms. The van der Waals surface area contributed by atoms with E-state index in [0.29, 0.717) is 53.6 Å². The third kappa shape index (κ3) is 55.9. The highest BCUT2D eigenvalue weighted by Crippen LogP contribution is 2.50. The van der Waals surface area contributed by atoms with E-state index in [1.807, 2.05) is 46.2 Å². The molecule has 3 heterocycles. The van der Waals surface area contributed by atoms with E-state index in [4.69, 9.17) is 0 Å². The molecule has 0 unspecified atom stereocenters. The summed E-state index contributed by atoms with van der Waals surface area (Å²) in [5.41, 5.74) is 9.27. The molecule has 808 valence electrons. The maximum absolute atomic E-state index is 15.1. The van der Waals surface area contributed by atoms with Crippen LogP contribution in [0, 0.1) is 17.8 Å². The van der Waals surface area contributed by atoms with Crippen molar-refractivity contribution in [2.24, 2.45) is 17.8 Å². The largest absolute Gasteiger partial charge is 0.321 e. The van der Waals surface area contributed by atoms with Crippen LogP contribution in [0.3, 0.4) is 0 Å². The SMILES string of the molecule is C.CCCCCCCCCCCCCCC(CCCCCCCCCCCCCC)CCCN1C(=O)/C(=C2/C(=O)N(CCCC(CCCCCCCCCCCCCC)CCCCCCCCCCCCCC)c3cc(Br)ccc32)c2ccc(Br)cc21.CCCCCCCCCCCCCCC(CCCI)CCCCCCCCCCCCCC.O=C1Cc2cc(Br)ccc2/C1=C1\C(=O)Nc2cc(Br)ccc21. The van der Waals surface area contributed by atoms with E-state index in [2.05, 4.69) is 170 Å². The Morgan fingerprint density at radius 3 is 0.732 bits per heavy atom. The van der Waals surface area contributed by atoms with Gasteiger partial charge in [0.2, 0.25) is 0 Å². The summed E-state index contributed by atoms with van der Waals surface area (Å²) in [6, 6.07) is 23.9. The molecule has 0 atom stereocenters. The van der Waals surface area contributed by atoms with E-state index in [1.54, 1.807) is 0 Å². The number of carbonyl (C=O) groups excluding carboxylic acids is 4. The molecular formula is C130H214Br4IN3O4. The highest BCUT2D eigenvalue weighted by molar-refractivity contribution is 14.1. The van der Waals surface area contributed by atoms with Gasteiger partial charge in [0, 0.05) is 59.7 Å². The zero-order valence-corrected chi connectivity index (χ0v) is 100. The third-order valence-corrected chi connectivity index (χ3v) is 34.4. The molecule has 4 aromatic carbocycles. The van der Waals surface area contributed by atoms with Crippen molar-refractivity contribution in [1.29, 1.82) is 0 Å². The first-order valence-corrected chi connectivity index (χ1v) is 65.6. The predicted molar refractivity (Wildman–Crippen MR) is 650 cm³/mol. The van der Waals surface area contributed by atoms with E-state index >= 15 is 9.59 Å². The maximum Gasteiger partial charge on any atom is 0.259 e. The minimum atomic E-state index is -0.216. The number of anilines is 3. The van der Waals surface area contributed by atoms with Crippen molar-refractivity contribution in [3.05, 3.63) is 119 Å². The molecule has 8 rings (SSSR count). The second-order valence-corrected chi connectivity index (χ2v) is 48.8. The first-order valence-electron chi connectivity index (χ1n) is 60.9. The van der Waals surface area contributed by atoms with Crippen molar-refractivity contribution >= 4 is 149 Å². The van der Waals surface area contributed by atoms with Gasteiger partial charge in [0.25, 0.3) is 17.7 Å². The first-order chi connectivity index (χ1) is 69.2. The van der Waals surface area contributed by atoms with E-state index < -0.39 is 0 Å². The summed E-state index contributed by atoms with van der Waals surface area (Å²) in [6.45, 7) is 15.2. The number of ketones is 1. The molecule has 1 N–H and O–H groups in total. The number of hydrogen-bond acceptors (Lipinski definition) is 4. The maximum atomic E-state index is 15.1. The highest BCUT2D eigenvalue weighted by atomic mass is 127. The summed E-state index contributed by atoms with van der Waals surface area (Å²) in [6.07, 6.45) is 118. The summed E-state index contributed by atoms with van der Waals surface area (Å²) in [5, 5.41) is 2.84. The number of alkyl halides is 1. The summed E-state index contributed by atoms with van der Waals surface area (Å²) in [7, 11) is 0. The van der Waals surface area contributed by atoms with Crippen LogP contribution in [0.25, 0.3) is 22.3 Å². The number of hydrogen-bond donors (Lipinski definition) is 1.